The van der Waals surface area contributed by atoms with E-state index in [1.54, 1.807) is 6.07 Å². The fraction of sp³-hybridized carbons (Fsp3) is 0.647. The van der Waals surface area contributed by atoms with Crippen molar-refractivity contribution in [2.24, 2.45) is 0 Å². The minimum absolute atomic E-state index is 0.0279. The van der Waals surface area contributed by atoms with Crippen LogP contribution in [0, 0.1) is 6.92 Å². The molecule has 2 aliphatic heterocycles. The summed E-state index contributed by atoms with van der Waals surface area (Å²) >= 11 is 0. The maximum absolute atomic E-state index is 12.1. The Hall–Kier alpha value is -1.66. The second-order valence-electron chi connectivity index (χ2n) is 7.15. The largest absolute Gasteiger partial charge is 0.295 e. The van der Waals surface area contributed by atoms with Gasteiger partial charge in [-0.25, -0.2) is 9.50 Å². The lowest BCUT2D eigenvalue weighted by molar-refractivity contribution is -0.00673. The highest BCUT2D eigenvalue weighted by atomic mass is 16.1. The molecule has 0 unspecified atom stereocenters. The summed E-state index contributed by atoms with van der Waals surface area (Å²) < 4.78 is 1.51. The zero-order chi connectivity index (χ0) is 16.0. The highest BCUT2D eigenvalue weighted by molar-refractivity contribution is 5.39. The first kappa shape index (κ1) is 14.9. The van der Waals surface area contributed by atoms with Gasteiger partial charge >= 0.3 is 0 Å². The van der Waals surface area contributed by atoms with Crippen molar-refractivity contribution in [1.82, 2.24) is 24.4 Å². The average Bonchev–Trinajstić information content (AvgIpc) is 2.85. The quantitative estimate of drug-likeness (QED) is 0.930. The molecule has 0 radical (unpaired) electrons. The molecule has 2 aromatic heterocycles. The number of aromatic amines is 1. The van der Waals surface area contributed by atoms with Crippen LogP contribution in [0.3, 0.4) is 0 Å². The molecule has 2 fully saturated rings. The van der Waals surface area contributed by atoms with Crippen LogP contribution in [0.25, 0.3) is 5.65 Å². The number of nitrogens with zero attached hydrogens (tertiary/aromatic N) is 4. The molecular formula is C17H25N5O. The first-order valence-electron chi connectivity index (χ1n) is 8.66. The molecule has 4 heterocycles. The van der Waals surface area contributed by atoms with Gasteiger partial charge in [0.25, 0.3) is 5.56 Å². The molecule has 2 saturated heterocycles. The number of hydrogen-bond donors (Lipinski definition) is 1. The monoisotopic (exact) mass is 315 g/mol. The molecule has 1 atom stereocenters. The van der Waals surface area contributed by atoms with Crippen molar-refractivity contribution in [3.8, 4) is 0 Å². The minimum atomic E-state index is -0.0279. The van der Waals surface area contributed by atoms with Crippen LogP contribution < -0.4 is 5.56 Å². The van der Waals surface area contributed by atoms with Crippen LogP contribution in [-0.2, 0) is 6.54 Å². The number of nitrogens with one attached hydrogen (secondary N) is 1. The SMILES string of the molecule is Cc1cc2nc(CN3CC(N4CCCC[C@@H]4C)C3)cc(=O)n2[nH]1. The zero-order valence-electron chi connectivity index (χ0n) is 14.0. The van der Waals surface area contributed by atoms with E-state index in [4.69, 9.17) is 0 Å². The topological polar surface area (TPSA) is 56.6 Å². The van der Waals surface area contributed by atoms with Crippen LogP contribution in [0.15, 0.2) is 16.9 Å². The molecule has 0 aliphatic carbocycles. The average molecular weight is 315 g/mol. The number of aromatic nitrogens is 3. The van der Waals surface area contributed by atoms with E-state index < -0.39 is 0 Å². The zero-order valence-corrected chi connectivity index (χ0v) is 14.0. The van der Waals surface area contributed by atoms with Crippen molar-refractivity contribution in [3.63, 3.8) is 0 Å². The van der Waals surface area contributed by atoms with Gasteiger partial charge in [-0.15, -0.1) is 0 Å². The van der Waals surface area contributed by atoms with E-state index in [1.165, 1.54) is 30.3 Å². The molecule has 2 aromatic rings. The van der Waals surface area contributed by atoms with Crippen molar-refractivity contribution in [2.75, 3.05) is 19.6 Å². The van der Waals surface area contributed by atoms with Gasteiger partial charge in [0.05, 0.1) is 5.69 Å². The lowest BCUT2D eigenvalue weighted by atomic mass is 9.97. The molecule has 1 N–H and O–H groups in total. The maximum atomic E-state index is 12.1. The summed E-state index contributed by atoms with van der Waals surface area (Å²) in [5, 5.41) is 3.01. The van der Waals surface area contributed by atoms with Gasteiger partial charge in [0.1, 0.15) is 0 Å². The molecular weight excluding hydrogens is 290 g/mol. The van der Waals surface area contributed by atoms with Crippen LogP contribution in [-0.4, -0.2) is 56.1 Å². The Kier molecular flexibility index (Phi) is 3.73. The van der Waals surface area contributed by atoms with Crippen LogP contribution >= 0.6 is 0 Å². The van der Waals surface area contributed by atoms with Crippen molar-refractivity contribution >= 4 is 5.65 Å². The van der Waals surface area contributed by atoms with Crippen molar-refractivity contribution in [1.29, 1.82) is 0 Å². The molecule has 0 saturated carbocycles. The van der Waals surface area contributed by atoms with Crippen molar-refractivity contribution in [3.05, 3.63) is 33.9 Å². The van der Waals surface area contributed by atoms with Gasteiger partial charge in [0.15, 0.2) is 5.65 Å². The second kappa shape index (κ2) is 5.76. The molecule has 6 nitrogen and oxygen atoms in total. The predicted octanol–water partition coefficient (Wildman–Crippen LogP) is 1.39. The Balaban J connectivity index is 1.41. The fourth-order valence-corrected chi connectivity index (χ4v) is 4.02. The highest BCUT2D eigenvalue weighted by Gasteiger charge is 2.35. The third-order valence-electron chi connectivity index (χ3n) is 5.28. The van der Waals surface area contributed by atoms with E-state index in [1.807, 2.05) is 13.0 Å². The molecule has 2 aliphatic rings. The summed E-state index contributed by atoms with van der Waals surface area (Å²) in [5.41, 5.74) is 2.51. The van der Waals surface area contributed by atoms with Gasteiger partial charge in [0, 0.05) is 49.5 Å². The number of rotatable bonds is 3. The fourth-order valence-electron chi connectivity index (χ4n) is 4.02. The van der Waals surface area contributed by atoms with E-state index in [0.29, 0.717) is 11.7 Å². The number of piperidine rings is 1. The second-order valence-corrected chi connectivity index (χ2v) is 7.15. The summed E-state index contributed by atoms with van der Waals surface area (Å²) in [6.07, 6.45) is 4.04. The standard InChI is InChI=1S/C17H25N5O/c1-12-7-16-18-14(8-17(23)22(16)19-12)9-20-10-15(11-20)21-6-4-3-5-13(21)2/h7-8,13,15,19H,3-6,9-11H2,1-2H3/t13-/m0/s1. The third-order valence-corrected chi connectivity index (χ3v) is 5.28. The van der Waals surface area contributed by atoms with E-state index in [9.17, 15) is 4.79 Å². The van der Waals surface area contributed by atoms with Gasteiger partial charge in [-0.05, 0) is 33.2 Å². The maximum Gasteiger partial charge on any atom is 0.272 e. The van der Waals surface area contributed by atoms with Crippen LogP contribution in [0.2, 0.25) is 0 Å². The molecule has 124 valence electrons. The minimum Gasteiger partial charge on any atom is -0.295 e. The Labute approximate surface area is 136 Å². The lowest BCUT2D eigenvalue weighted by Gasteiger charge is -2.49. The lowest BCUT2D eigenvalue weighted by Crippen LogP contribution is -2.61. The number of H-pyrrole nitrogens is 1. The predicted molar refractivity (Wildman–Crippen MR) is 89.6 cm³/mol. The molecule has 23 heavy (non-hydrogen) atoms. The summed E-state index contributed by atoms with van der Waals surface area (Å²) in [6, 6.07) is 4.97. The molecule has 4 rings (SSSR count). The molecule has 0 spiro atoms. The smallest absolute Gasteiger partial charge is 0.272 e. The number of aryl methyl sites for hydroxylation is 1. The third kappa shape index (κ3) is 2.81. The molecule has 6 heteroatoms. The van der Waals surface area contributed by atoms with Gasteiger partial charge in [0.2, 0.25) is 0 Å². The molecule has 0 bridgehead atoms. The van der Waals surface area contributed by atoms with Gasteiger partial charge in [-0.1, -0.05) is 6.42 Å². The number of hydrogen-bond acceptors (Lipinski definition) is 4. The van der Waals surface area contributed by atoms with Crippen LogP contribution in [0.5, 0.6) is 0 Å². The Morgan fingerprint density at radius 1 is 1.30 bits per heavy atom. The van der Waals surface area contributed by atoms with Gasteiger partial charge in [-0.2, -0.15) is 0 Å². The molecule has 0 aromatic carbocycles. The van der Waals surface area contributed by atoms with Crippen molar-refractivity contribution < 1.29 is 0 Å². The Morgan fingerprint density at radius 2 is 2.13 bits per heavy atom. The van der Waals surface area contributed by atoms with E-state index >= 15 is 0 Å². The summed E-state index contributed by atoms with van der Waals surface area (Å²) in [4.78, 5) is 21.8. The van der Waals surface area contributed by atoms with E-state index in [2.05, 4.69) is 26.8 Å². The van der Waals surface area contributed by atoms with E-state index in [0.717, 1.165) is 37.1 Å². The number of fused-ring (bicyclic) bond motifs is 1. The summed E-state index contributed by atoms with van der Waals surface area (Å²) in [6.45, 7) is 8.50. The van der Waals surface area contributed by atoms with Crippen molar-refractivity contribution in [2.45, 2.75) is 51.7 Å². The van der Waals surface area contributed by atoms with Crippen LogP contribution in [0.1, 0.15) is 37.6 Å². The summed E-state index contributed by atoms with van der Waals surface area (Å²) in [5.74, 6) is 0. The number of likely N-dealkylation sites (tertiary alicyclic amines) is 2. The first-order chi connectivity index (χ1) is 11.1. The molecule has 0 amide bonds. The van der Waals surface area contributed by atoms with Gasteiger partial charge < -0.3 is 0 Å². The van der Waals surface area contributed by atoms with E-state index in [-0.39, 0.29) is 5.56 Å². The Bertz CT molecular complexity index is 758. The normalized spacial score (nSPS) is 24.2. The van der Waals surface area contributed by atoms with Gasteiger partial charge in [-0.3, -0.25) is 19.7 Å². The van der Waals surface area contributed by atoms with Crippen LogP contribution in [0.4, 0.5) is 0 Å². The highest BCUT2D eigenvalue weighted by Crippen LogP contribution is 2.25. The Morgan fingerprint density at radius 3 is 2.91 bits per heavy atom. The summed E-state index contributed by atoms with van der Waals surface area (Å²) in [7, 11) is 0. The first-order valence-corrected chi connectivity index (χ1v) is 8.66.